The van der Waals surface area contributed by atoms with Gasteiger partial charge in [-0.2, -0.15) is 0 Å². The highest BCUT2D eigenvalue weighted by Gasteiger charge is 2.14. The molecule has 0 radical (unpaired) electrons. The molecule has 3 rings (SSSR count). The first kappa shape index (κ1) is 19.2. The predicted octanol–water partition coefficient (Wildman–Crippen LogP) is 4.26. The van der Waals surface area contributed by atoms with Gasteiger partial charge >= 0.3 is 0 Å². The van der Waals surface area contributed by atoms with E-state index in [0.717, 1.165) is 17.1 Å². The topological polar surface area (TPSA) is 63.1 Å². The number of benzene rings is 2. The number of anilines is 1. The predicted molar refractivity (Wildman–Crippen MR) is 112 cm³/mol. The van der Waals surface area contributed by atoms with Crippen molar-refractivity contribution in [3.8, 4) is 5.69 Å². The molecule has 3 aromatic rings. The van der Waals surface area contributed by atoms with E-state index in [1.807, 2.05) is 26.0 Å². The Balaban J connectivity index is 1.79. The van der Waals surface area contributed by atoms with Crippen LogP contribution in [0.4, 0.5) is 5.69 Å². The van der Waals surface area contributed by atoms with Crippen LogP contribution in [0, 0.1) is 13.8 Å². The highest BCUT2D eigenvalue weighted by atomic mass is 16.2. The van der Waals surface area contributed by atoms with Gasteiger partial charge in [0.05, 0.1) is 11.3 Å². The first-order valence-electron chi connectivity index (χ1n) is 9.06. The highest BCUT2D eigenvalue weighted by Crippen LogP contribution is 2.19. The van der Waals surface area contributed by atoms with Gasteiger partial charge in [0.25, 0.3) is 11.8 Å². The van der Waals surface area contributed by atoms with E-state index in [-0.39, 0.29) is 11.8 Å². The first-order valence-corrected chi connectivity index (χ1v) is 9.06. The Kier molecular flexibility index (Phi) is 5.75. The second-order valence-corrected chi connectivity index (χ2v) is 6.50. The van der Waals surface area contributed by atoms with Crippen LogP contribution in [0.15, 0.2) is 73.3 Å². The second-order valence-electron chi connectivity index (χ2n) is 6.50. The van der Waals surface area contributed by atoms with Gasteiger partial charge in [-0.3, -0.25) is 9.59 Å². The monoisotopic (exact) mass is 373 g/mol. The Labute approximate surface area is 164 Å². The van der Waals surface area contributed by atoms with Crippen LogP contribution in [-0.2, 0) is 0 Å². The van der Waals surface area contributed by atoms with Gasteiger partial charge in [-0.1, -0.05) is 18.2 Å². The van der Waals surface area contributed by atoms with Crippen LogP contribution in [0.5, 0.6) is 0 Å². The van der Waals surface area contributed by atoms with E-state index in [2.05, 4.69) is 33.9 Å². The number of amides is 2. The lowest BCUT2D eigenvalue weighted by Crippen LogP contribution is -2.25. The molecular weight excluding hydrogens is 350 g/mol. The van der Waals surface area contributed by atoms with Gasteiger partial charge < -0.3 is 15.2 Å². The summed E-state index contributed by atoms with van der Waals surface area (Å²) in [5.41, 5.74) is 4.67. The fourth-order valence-electron chi connectivity index (χ4n) is 3.08. The zero-order valence-electron chi connectivity index (χ0n) is 16.0. The summed E-state index contributed by atoms with van der Waals surface area (Å²) in [6, 6.07) is 18.4. The summed E-state index contributed by atoms with van der Waals surface area (Å²) in [6.07, 6.45) is 1.61. The average Bonchev–Trinajstić information content (AvgIpc) is 3.04. The van der Waals surface area contributed by atoms with Crippen molar-refractivity contribution in [2.24, 2.45) is 0 Å². The molecule has 28 heavy (non-hydrogen) atoms. The van der Waals surface area contributed by atoms with Crippen molar-refractivity contribution in [1.82, 2.24) is 9.88 Å². The third-order valence-corrected chi connectivity index (χ3v) is 4.49. The van der Waals surface area contributed by atoms with Gasteiger partial charge in [0.15, 0.2) is 0 Å². The third kappa shape index (κ3) is 4.04. The molecule has 2 aromatic carbocycles. The first-order chi connectivity index (χ1) is 13.5. The number of carbonyl (C=O) groups excluding carboxylic acids is 2. The summed E-state index contributed by atoms with van der Waals surface area (Å²) in [6.45, 7) is 8.04. The molecule has 0 aliphatic heterocycles. The zero-order valence-corrected chi connectivity index (χ0v) is 16.0. The van der Waals surface area contributed by atoms with Crippen molar-refractivity contribution in [1.29, 1.82) is 0 Å². The van der Waals surface area contributed by atoms with Gasteiger partial charge in [0.2, 0.25) is 0 Å². The van der Waals surface area contributed by atoms with Crippen molar-refractivity contribution >= 4 is 17.5 Å². The number of aryl methyl sites for hydroxylation is 2. The molecule has 0 spiro atoms. The van der Waals surface area contributed by atoms with E-state index < -0.39 is 0 Å². The molecule has 0 fully saturated rings. The molecule has 0 saturated heterocycles. The molecule has 5 nitrogen and oxygen atoms in total. The summed E-state index contributed by atoms with van der Waals surface area (Å²) in [4.78, 5) is 24.9. The molecule has 0 aliphatic carbocycles. The molecule has 0 saturated carbocycles. The number of hydrogen-bond acceptors (Lipinski definition) is 2. The fraction of sp³-hybridized carbons (Fsp3) is 0.130. The Morgan fingerprint density at radius 1 is 0.929 bits per heavy atom. The fourth-order valence-corrected chi connectivity index (χ4v) is 3.08. The van der Waals surface area contributed by atoms with Crippen LogP contribution in [0.3, 0.4) is 0 Å². The van der Waals surface area contributed by atoms with Crippen LogP contribution in [-0.4, -0.2) is 22.9 Å². The van der Waals surface area contributed by atoms with Gasteiger partial charge in [-0.25, -0.2) is 0 Å². The molecule has 0 atom stereocenters. The maximum absolute atomic E-state index is 12.7. The molecule has 0 aliphatic rings. The van der Waals surface area contributed by atoms with Crippen molar-refractivity contribution in [2.75, 3.05) is 11.9 Å². The number of nitrogens with one attached hydrogen (secondary N) is 2. The lowest BCUT2D eigenvalue weighted by molar-refractivity contribution is 0.0959. The maximum atomic E-state index is 12.7. The third-order valence-electron chi connectivity index (χ3n) is 4.49. The molecule has 1 aromatic heterocycles. The number of nitrogens with zero attached hydrogens (tertiary/aromatic N) is 1. The van der Waals surface area contributed by atoms with Gasteiger partial charge in [0.1, 0.15) is 0 Å². The van der Waals surface area contributed by atoms with Gasteiger partial charge in [-0.15, -0.1) is 6.58 Å². The van der Waals surface area contributed by atoms with E-state index in [1.54, 1.807) is 42.5 Å². The van der Waals surface area contributed by atoms with E-state index >= 15 is 0 Å². The largest absolute Gasteiger partial charge is 0.349 e. The number of carbonyl (C=O) groups is 2. The molecule has 1 heterocycles. The van der Waals surface area contributed by atoms with Crippen molar-refractivity contribution < 1.29 is 9.59 Å². The Morgan fingerprint density at radius 3 is 2.21 bits per heavy atom. The SMILES string of the molecule is C=CCNC(=O)c1ccccc1NC(=O)c1ccc(-n2c(C)ccc2C)cc1. The molecule has 0 unspecified atom stereocenters. The normalized spacial score (nSPS) is 10.4. The lowest BCUT2D eigenvalue weighted by Gasteiger charge is -2.12. The maximum Gasteiger partial charge on any atom is 0.255 e. The minimum atomic E-state index is -0.267. The minimum Gasteiger partial charge on any atom is -0.349 e. The molecular formula is C23H23N3O2. The molecule has 5 heteroatoms. The van der Waals surface area contributed by atoms with Crippen LogP contribution in [0.1, 0.15) is 32.1 Å². The van der Waals surface area contributed by atoms with Crippen LogP contribution in [0.25, 0.3) is 5.69 Å². The van der Waals surface area contributed by atoms with Crippen molar-refractivity contribution in [3.05, 3.63) is 95.8 Å². The number of rotatable bonds is 6. The summed E-state index contributed by atoms with van der Waals surface area (Å²) in [5.74, 6) is -0.527. The number of para-hydroxylation sites is 1. The van der Waals surface area contributed by atoms with E-state index in [4.69, 9.17) is 0 Å². The Hall–Kier alpha value is -3.60. The molecule has 2 N–H and O–H groups in total. The second kappa shape index (κ2) is 8.39. The summed E-state index contributed by atoms with van der Waals surface area (Å²) in [5, 5.41) is 5.55. The summed E-state index contributed by atoms with van der Waals surface area (Å²) < 4.78 is 2.13. The summed E-state index contributed by atoms with van der Waals surface area (Å²) in [7, 11) is 0. The smallest absolute Gasteiger partial charge is 0.255 e. The van der Waals surface area contributed by atoms with Crippen LogP contribution >= 0.6 is 0 Å². The van der Waals surface area contributed by atoms with E-state index in [9.17, 15) is 9.59 Å². The van der Waals surface area contributed by atoms with Crippen molar-refractivity contribution in [2.45, 2.75) is 13.8 Å². The minimum absolute atomic E-state index is 0.260. The quantitative estimate of drug-likeness (QED) is 0.634. The molecule has 2 amide bonds. The number of hydrogen-bond donors (Lipinski definition) is 2. The number of aromatic nitrogens is 1. The molecule has 142 valence electrons. The van der Waals surface area contributed by atoms with Crippen LogP contribution in [0.2, 0.25) is 0 Å². The standard InChI is InChI=1S/C23H23N3O2/c1-4-15-24-23(28)20-7-5-6-8-21(20)25-22(27)18-11-13-19(14-12-18)26-16(2)9-10-17(26)3/h4-14H,1,15H2,2-3H3,(H,24,28)(H,25,27). The van der Waals surface area contributed by atoms with Crippen LogP contribution < -0.4 is 10.6 Å². The lowest BCUT2D eigenvalue weighted by atomic mass is 10.1. The Bertz CT molecular complexity index is 997. The van der Waals surface area contributed by atoms with Crippen molar-refractivity contribution in [3.63, 3.8) is 0 Å². The van der Waals surface area contributed by atoms with E-state index in [1.165, 1.54) is 0 Å². The van der Waals surface area contributed by atoms with E-state index in [0.29, 0.717) is 23.4 Å². The summed E-state index contributed by atoms with van der Waals surface area (Å²) >= 11 is 0. The van der Waals surface area contributed by atoms with Gasteiger partial charge in [0, 0.05) is 29.2 Å². The van der Waals surface area contributed by atoms with Gasteiger partial charge in [-0.05, 0) is 62.4 Å². The Morgan fingerprint density at radius 2 is 1.57 bits per heavy atom. The molecule has 0 bridgehead atoms. The average molecular weight is 373 g/mol. The highest BCUT2D eigenvalue weighted by molar-refractivity contribution is 6.09. The zero-order chi connectivity index (χ0) is 20.1.